The zero-order chi connectivity index (χ0) is 15.1. The Bertz CT molecular complexity index is 735. The topological polar surface area (TPSA) is 46.7 Å². The van der Waals surface area contributed by atoms with Gasteiger partial charge in [-0.1, -0.05) is 55.0 Å². The van der Waals surface area contributed by atoms with Crippen LogP contribution in [-0.4, -0.2) is 13.4 Å². The summed E-state index contributed by atoms with van der Waals surface area (Å²) in [5.74, 6) is 0. The largest absolute Gasteiger partial charge is 0.343 e. The fraction of sp³-hybridized carbons (Fsp3) is 0.294. The molecule has 4 heteroatoms. The molecule has 0 saturated carbocycles. The molecule has 0 radical (unpaired) electrons. The average molecular weight is 302 g/mol. The molecular formula is C17H18O3S. The summed E-state index contributed by atoms with van der Waals surface area (Å²) in [6.07, 6.45) is 0.0537. The Morgan fingerprint density at radius 3 is 2.24 bits per heavy atom. The number of sulfone groups is 1. The highest BCUT2D eigenvalue weighted by Crippen LogP contribution is 2.57. The summed E-state index contributed by atoms with van der Waals surface area (Å²) in [6.45, 7) is 3.79. The van der Waals surface area contributed by atoms with Crippen molar-refractivity contribution < 1.29 is 13.2 Å². The van der Waals surface area contributed by atoms with Crippen molar-refractivity contribution in [3.8, 4) is 0 Å². The van der Waals surface area contributed by atoms with E-state index in [4.69, 9.17) is 4.74 Å². The standard InChI is InChI=1S/C17H18O3S/c1-3-17(16(20-17)14-7-5-4-6-8-14)21(18,19)15-11-9-13(2)10-12-15/h4-12,16H,3H2,1-2H3. The molecule has 1 aliphatic heterocycles. The van der Waals surface area contributed by atoms with Crippen LogP contribution in [0.5, 0.6) is 0 Å². The Kier molecular flexibility index (Phi) is 3.38. The summed E-state index contributed by atoms with van der Waals surface area (Å²) in [4.78, 5) is -0.794. The van der Waals surface area contributed by atoms with E-state index in [2.05, 4.69) is 0 Å². The molecule has 2 atom stereocenters. The van der Waals surface area contributed by atoms with E-state index in [0.717, 1.165) is 11.1 Å². The van der Waals surface area contributed by atoms with E-state index in [9.17, 15) is 8.42 Å². The lowest BCUT2D eigenvalue weighted by atomic mass is 10.1. The van der Waals surface area contributed by atoms with Crippen molar-refractivity contribution in [2.45, 2.75) is 36.2 Å². The minimum absolute atomic E-state index is 0.327. The van der Waals surface area contributed by atoms with Gasteiger partial charge >= 0.3 is 0 Å². The first-order chi connectivity index (χ1) is 10.0. The molecule has 2 aromatic carbocycles. The van der Waals surface area contributed by atoms with Gasteiger partial charge in [0.1, 0.15) is 6.10 Å². The third kappa shape index (κ3) is 2.19. The molecule has 21 heavy (non-hydrogen) atoms. The van der Waals surface area contributed by atoms with Crippen LogP contribution in [0.3, 0.4) is 0 Å². The zero-order valence-corrected chi connectivity index (χ0v) is 12.9. The number of benzene rings is 2. The van der Waals surface area contributed by atoms with Gasteiger partial charge in [0, 0.05) is 0 Å². The summed E-state index contributed by atoms with van der Waals surface area (Å²) in [6, 6.07) is 16.5. The van der Waals surface area contributed by atoms with Gasteiger partial charge < -0.3 is 4.74 Å². The Hall–Kier alpha value is -1.65. The van der Waals surface area contributed by atoms with Gasteiger partial charge in [-0.3, -0.25) is 0 Å². The SMILES string of the molecule is CCC1(S(=O)(=O)c2ccc(C)cc2)OC1c1ccccc1. The molecule has 3 rings (SSSR count). The first-order valence-electron chi connectivity index (χ1n) is 7.05. The molecule has 0 aromatic heterocycles. The van der Waals surface area contributed by atoms with Gasteiger partial charge in [0.15, 0.2) is 0 Å². The van der Waals surface area contributed by atoms with Gasteiger partial charge in [0.05, 0.1) is 4.90 Å². The molecular weight excluding hydrogens is 284 g/mol. The average Bonchev–Trinajstić information content (AvgIpc) is 3.25. The van der Waals surface area contributed by atoms with Crippen molar-refractivity contribution in [1.82, 2.24) is 0 Å². The number of hydrogen-bond acceptors (Lipinski definition) is 3. The van der Waals surface area contributed by atoms with Crippen LogP contribution in [0.25, 0.3) is 0 Å². The highest BCUT2D eigenvalue weighted by atomic mass is 32.2. The van der Waals surface area contributed by atoms with Gasteiger partial charge in [0.2, 0.25) is 14.8 Å². The normalized spacial score (nSPS) is 24.8. The second-order valence-electron chi connectivity index (χ2n) is 5.39. The molecule has 0 spiro atoms. The van der Waals surface area contributed by atoms with Crippen LogP contribution in [0.2, 0.25) is 0 Å². The maximum absolute atomic E-state index is 12.9. The van der Waals surface area contributed by atoms with Crippen molar-refractivity contribution in [3.63, 3.8) is 0 Å². The lowest BCUT2D eigenvalue weighted by molar-refractivity contribution is 0.340. The maximum Gasteiger partial charge on any atom is 0.211 e. The third-order valence-electron chi connectivity index (χ3n) is 4.04. The molecule has 1 aliphatic rings. The molecule has 2 aromatic rings. The lowest BCUT2D eigenvalue weighted by Gasteiger charge is -2.12. The summed E-state index contributed by atoms with van der Waals surface area (Å²) in [7, 11) is -3.51. The number of aryl methyl sites for hydroxylation is 1. The molecule has 3 nitrogen and oxygen atoms in total. The number of ether oxygens (including phenoxy) is 1. The van der Waals surface area contributed by atoms with Crippen LogP contribution in [0, 0.1) is 6.92 Å². The number of hydrogen-bond donors (Lipinski definition) is 0. The van der Waals surface area contributed by atoms with E-state index in [1.54, 1.807) is 12.1 Å². The van der Waals surface area contributed by atoms with Crippen LogP contribution in [0.4, 0.5) is 0 Å². The Labute approximate surface area is 125 Å². The highest BCUT2D eigenvalue weighted by Gasteiger charge is 2.65. The summed E-state index contributed by atoms with van der Waals surface area (Å²) >= 11 is 0. The molecule has 0 N–H and O–H groups in total. The Balaban J connectivity index is 2.00. The number of epoxide rings is 1. The fourth-order valence-corrected chi connectivity index (χ4v) is 4.61. The predicted octanol–water partition coefficient (Wildman–Crippen LogP) is 3.65. The zero-order valence-electron chi connectivity index (χ0n) is 12.1. The van der Waals surface area contributed by atoms with E-state index in [1.807, 2.05) is 56.3 Å². The Morgan fingerprint density at radius 1 is 1.05 bits per heavy atom. The van der Waals surface area contributed by atoms with Crippen molar-refractivity contribution in [2.75, 3.05) is 0 Å². The number of rotatable bonds is 4. The lowest BCUT2D eigenvalue weighted by Crippen LogP contribution is -2.25. The third-order valence-corrected chi connectivity index (χ3v) is 6.44. The van der Waals surface area contributed by atoms with Gasteiger partial charge in [0.25, 0.3) is 0 Å². The molecule has 1 saturated heterocycles. The maximum atomic E-state index is 12.9. The molecule has 0 bridgehead atoms. The van der Waals surface area contributed by atoms with Crippen LogP contribution >= 0.6 is 0 Å². The van der Waals surface area contributed by atoms with Gasteiger partial charge in [-0.05, 0) is 31.0 Å². The van der Waals surface area contributed by atoms with Crippen molar-refractivity contribution in [1.29, 1.82) is 0 Å². The smallest absolute Gasteiger partial charge is 0.211 e. The monoisotopic (exact) mass is 302 g/mol. The van der Waals surface area contributed by atoms with E-state index in [-0.39, 0.29) is 6.10 Å². The molecule has 1 fully saturated rings. The highest BCUT2D eigenvalue weighted by molar-refractivity contribution is 7.93. The van der Waals surface area contributed by atoms with E-state index in [1.165, 1.54) is 0 Å². The minimum atomic E-state index is -3.51. The fourth-order valence-electron chi connectivity index (χ4n) is 2.70. The van der Waals surface area contributed by atoms with Crippen molar-refractivity contribution in [2.24, 2.45) is 0 Å². The van der Waals surface area contributed by atoms with Gasteiger partial charge in [-0.25, -0.2) is 8.42 Å². The van der Waals surface area contributed by atoms with Crippen LogP contribution < -0.4 is 0 Å². The molecule has 0 amide bonds. The first kappa shape index (κ1) is 14.3. The predicted molar refractivity (Wildman–Crippen MR) is 81.7 cm³/mol. The molecule has 0 aliphatic carbocycles. The second-order valence-corrected chi connectivity index (χ2v) is 7.56. The molecule has 110 valence electrons. The van der Waals surface area contributed by atoms with Crippen LogP contribution in [-0.2, 0) is 14.6 Å². The Morgan fingerprint density at radius 2 is 1.67 bits per heavy atom. The first-order valence-corrected chi connectivity index (χ1v) is 8.53. The van der Waals surface area contributed by atoms with Gasteiger partial charge in [-0.2, -0.15) is 0 Å². The molecule has 1 heterocycles. The quantitative estimate of drug-likeness (QED) is 0.810. The van der Waals surface area contributed by atoms with E-state index >= 15 is 0 Å². The molecule has 2 unspecified atom stereocenters. The van der Waals surface area contributed by atoms with Crippen molar-refractivity contribution >= 4 is 9.84 Å². The van der Waals surface area contributed by atoms with E-state index < -0.39 is 14.8 Å². The minimum Gasteiger partial charge on any atom is -0.343 e. The summed E-state index contributed by atoms with van der Waals surface area (Å²) < 4.78 is 31.5. The summed E-state index contributed by atoms with van der Waals surface area (Å²) in [5.41, 5.74) is 1.95. The van der Waals surface area contributed by atoms with Crippen LogP contribution in [0.1, 0.15) is 30.6 Å². The van der Waals surface area contributed by atoms with Crippen LogP contribution in [0.15, 0.2) is 59.5 Å². The van der Waals surface area contributed by atoms with Gasteiger partial charge in [-0.15, -0.1) is 0 Å². The van der Waals surface area contributed by atoms with Crippen molar-refractivity contribution in [3.05, 3.63) is 65.7 Å². The summed E-state index contributed by atoms with van der Waals surface area (Å²) in [5, 5.41) is 0. The second kappa shape index (κ2) is 4.97. The van der Waals surface area contributed by atoms with E-state index in [0.29, 0.717) is 11.3 Å².